The molecule has 0 fully saturated rings. The van der Waals surface area contributed by atoms with Gasteiger partial charge in [-0.2, -0.15) is 5.26 Å². The topological polar surface area (TPSA) is 192 Å². The number of nitro groups is 2. The minimum atomic E-state index is -0.705. The molecule has 1 aliphatic heterocycles. The molecule has 3 N–H and O–H groups in total. The van der Waals surface area contributed by atoms with Gasteiger partial charge in [0.05, 0.1) is 34.0 Å². The number of allylic oxidation sites excluding steroid dienone is 1. The second-order valence-electron chi connectivity index (χ2n) is 7.75. The van der Waals surface area contributed by atoms with Gasteiger partial charge in [-0.25, -0.2) is 0 Å². The molecule has 13 nitrogen and oxygen atoms in total. The van der Waals surface area contributed by atoms with Crippen LogP contribution in [0.4, 0.5) is 11.4 Å². The lowest BCUT2D eigenvalue weighted by molar-refractivity contribution is -0.394. The first-order valence-electron chi connectivity index (χ1n) is 10.7. The highest BCUT2D eigenvalue weighted by molar-refractivity contribution is 5.57. The molecule has 0 bridgehead atoms. The summed E-state index contributed by atoms with van der Waals surface area (Å²) >= 11 is 0. The van der Waals surface area contributed by atoms with Crippen LogP contribution in [0.5, 0.6) is 17.4 Å². The molecule has 1 aliphatic rings. The van der Waals surface area contributed by atoms with Gasteiger partial charge in [0.1, 0.15) is 18.2 Å². The van der Waals surface area contributed by atoms with E-state index in [4.69, 9.17) is 19.9 Å². The highest BCUT2D eigenvalue weighted by Crippen LogP contribution is 2.44. The lowest BCUT2D eigenvalue weighted by Crippen LogP contribution is -2.21. The number of hydrogen-bond donors (Lipinski definition) is 2. The average Bonchev–Trinajstić information content (AvgIpc) is 3.22. The first-order valence-corrected chi connectivity index (χ1v) is 10.7. The van der Waals surface area contributed by atoms with Gasteiger partial charge < -0.3 is 19.9 Å². The Bertz CT molecular complexity index is 1440. The third-order valence-electron chi connectivity index (χ3n) is 5.59. The zero-order valence-electron chi connectivity index (χ0n) is 19.2. The molecule has 1 aromatic heterocycles. The number of nitrogens with zero attached hydrogens (tertiary/aromatic N) is 4. The summed E-state index contributed by atoms with van der Waals surface area (Å²) in [4.78, 5) is 21.0. The number of H-pyrrole nitrogens is 1. The second kappa shape index (κ2) is 9.63. The molecule has 1 atom stereocenters. The molecule has 0 amide bonds. The van der Waals surface area contributed by atoms with Crippen LogP contribution in [0.1, 0.15) is 35.2 Å². The SMILES string of the molecule is CCOc1cc([C@H]2C(C#N)=C(N)Oc3n[nH]c(C)c32)ccc1OCc1ccc([N+](=O)[O-])cc1[N+](=O)[O-]. The first kappa shape index (κ1) is 24.0. The van der Waals surface area contributed by atoms with Gasteiger partial charge in [0.25, 0.3) is 11.4 Å². The maximum atomic E-state index is 11.4. The second-order valence-corrected chi connectivity index (χ2v) is 7.75. The van der Waals surface area contributed by atoms with Crippen molar-refractivity contribution >= 4 is 11.4 Å². The van der Waals surface area contributed by atoms with Crippen LogP contribution >= 0.6 is 0 Å². The van der Waals surface area contributed by atoms with Crippen molar-refractivity contribution in [2.24, 2.45) is 5.73 Å². The Morgan fingerprint density at radius 1 is 1.17 bits per heavy atom. The average molecular weight is 492 g/mol. The van der Waals surface area contributed by atoms with E-state index in [9.17, 15) is 25.5 Å². The number of rotatable bonds is 8. The Labute approximate surface area is 204 Å². The number of benzene rings is 2. The highest BCUT2D eigenvalue weighted by Gasteiger charge is 2.34. The summed E-state index contributed by atoms with van der Waals surface area (Å²) in [5.74, 6) is 0.286. The predicted octanol–water partition coefficient (Wildman–Crippen LogP) is 3.73. The van der Waals surface area contributed by atoms with Crippen molar-refractivity contribution in [3.05, 3.63) is 90.5 Å². The fraction of sp³-hybridized carbons (Fsp3) is 0.217. The normalized spacial score (nSPS) is 14.4. The lowest BCUT2D eigenvalue weighted by atomic mass is 9.84. The quantitative estimate of drug-likeness (QED) is 0.345. The van der Waals surface area contributed by atoms with Crippen LogP contribution in [0.3, 0.4) is 0 Å². The molecule has 2 heterocycles. The summed E-state index contributed by atoms with van der Waals surface area (Å²) in [6.07, 6.45) is 0. The van der Waals surface area contributed by atoms with Crippen LogP contribution in [0.2, 0.25) is 0 Å². The number of aromatic nitrogens is 2. The molecule has 36 heavy (non-hydrogen) atoms. The fourth-order valence-electron chi connectivity index (χ4n) is 3.94. The number of nitrogens with two attached hydrogens (primary N) is 1. The summed E-state index contributed by atoms with van der Waals surface area (Å²) in [7, 11) is 0. The summed E-state index contributed by atoms with van der Waals surface area (Å²) in [6, 6.07) is 10.5. The van der Waals surface area contributed by atoms with Crippen molar-refractivity contribution in [3.63, 3.8) is 0 Å². The molecule has 13 heteroatoms. The van der Waals surface area contributed by atoms with Crippen LogP contribution < -0.4 is 19.9 Å². The molecular weight excluding hydrogens is 472 g/mol. The van der Waals surface area contributed by atoms with E-state index in [0.29, 0.717) is 34.9 Å². The molecule has 3 aromatic rings. The first-order chi connectivity index (χ1) is 17.2. The molecule has 184 valence electrons. The zero-order valence-corrected chi connectivity index (χ0v) is 19.2. The number of non-ortho nitro benzene ring substituents is 1. The van der Waals surface area contributed by atoms with Gasteiger partial charge in [-0.05, 0) is 37.6 Å². The van der Waals surface area contributed by atoms with Crippen molar-refractivity contribution < 1.29 is 24.1 Å². The van der Waals surface area contributed by atoms with Gasteiger partial charge in [-0.1, -0.05) is 6.07 Å². The molecule has 0 saturated heterocycles. The molecule has 0 radical (unpaired) electrons. The van der Waals surface area contributed by atoms with Gasteiger partial charge in [-0.15, -0.1) is 5.10 Å². The van der Waals surface area contributed by atoms with Crippen LogP contribution in [-0.4, -0.2) is 26.7 Å². The van der Waals surface area contributed by atoms with E-state index in [0.717, 1.165) is 6.07 Å². The van der Waals surface area contributed by atoms with Crippen molar-refractivity contribution in [1.82, 2.24) is 10.2 Å². The van der Waals surface area contributed by atoms with Gasteiger partial charge in [0, 0.05) is 17.3 Å². The van der Waals surface area contributed by atoms with Crippen molar-refractivity contribution in [1.29, 1.82) is 5.26 Å². The maximum Gasteiger partial charge on any atom is 0.282 e. The van der Waals surface area contributed by atoms with E-state index in [1.807, 2.05) is 0 Å². The summed E-state index contributed by atoms with van der Waals surface area (Å²) in [5.41, 5.74) is 7.56. The van der Waals surface area contributed by atoms with Gasteiger partial charge in [-0.3, -0.25) is 25.3 Å². The van der Waals surface area contributed by atoms with E-state index in [1.54, 1.807) is 32.0 Å². The summed E-state index contributed by atoms with van der Waals surface area (Å²) in [5, 5.41) is 39.1. The number of nitriles is 1. The zero-order chi connectivity index (χ0) is 26.0. The molecule has 0 unspecified atom stereocenters. The van der Waals surface area contributed by atoms with Gasteiger partial charge >= 0.3 is 0 Å². The Kier molecular flexibility index (Phi) is 6.42. The number of nitrogens with one attached hydrogen (secondary N) is 1. The number of aromatic amines is 1. The standard InChI is InChI=1S/C23H20N6O7/c1-3-34-19-8-13(21-16(10-24)22(25)36-23-20(21)12(2)26-27-23)5-7-18(19)35-11-14-4-6-15(28(30)31)9-17(14)29(32)33/h4-9,21H,3,11,25H2,1-2H3,(H,26,27)/t21-/m0/s1. The van der Waals surface area contributed by atoms with Crippen molar-refractivity contribution in [2.75, 3.05) is 6.61 Å². The molecule has 2 aromatic carbocycles. The van der Waals surface area contributed by atoms with E-state index in [-0.39, 0.29) is 29.5 Å². The molecule has 0 aliphatic carbocycles. The molecular formula is C23H20N6O7. The predicted molar refractivity (Wildman–Crippen MR) is 124 cm³/mol. The third-order valence-corrected chi connectivity index (χ3v) is 5.59. The van der Waals surface area contributed by atoms with Gasteiger partial charge in [0.15, 0.2) is 11.5 Å². The van der Waals surface area contributed by atoms with E-state index < -0.39 is 27.1 Å². The van der Waals surface area contributed by atoms with Crippen LogP contribution in [0.15, 0.2) is 47.9 Å². The van der Waals surface area contributed by atoms with Crippen LogP contribution in [0, 0.1) is 38.5 Å². The number of fused-ring (bicyclic) bond motifs is 1. The maximum absolute atomic E-state index is 11.4. The highest BCUT2D eigenvalue weighted by atomic mass is 16.6. The summed E-state index contributed by atoms with van der Waals surface area (Å²) < 4.78 is 17.1. The minimum Gasteiger partial charge on any atom is -0.490 e. The number of nitro benzene ring substituents is 2. The fourth-order valence-corrected chi connectivity index (χ4v) is 3.94. The Morgan fingerprint density at radius 2 is 1.94 bits per heavy atom. The molecule has 0 saturated carbocycles. The Balaban J connectivity index is 1.69. The van der Waals surface area contributed by atoms with Crippen LogP contribution in [0.25, 0.3) is 0 Å². The molecule has 0 spiro atoms. The number of aryl methyl sites for hydroxylation is 1. The Hall–Kier alpha value is -5.12. The van der Waals surface area contributed by atoms with Gasteiger partial charge in [0.2, 0.25) is 11.8 Å². The minimum absolute atomic E-state index is 0.0507. The van der Waals surface area contributed by atoms with Crippen molar-refractivity contribution in [2.45, 2.75) is 26.4 Å². The van der Waals surface area contributed by atoms with Crippen molar-refractivity contribution in [3.8, 4) is 23.4 Å². The third kappa shape index (κ3) is 4.34. The van der Waals surface area contributed by atoms with E-state index in [2.05, 4.69) is 16.3 Å². The summed E-state index contributed by atoms with van der Waals surface area (Å²) in [6.45, 7) is 3.65. The number of ether oxygens (including phenoxy) is 3. The van der Waals surface area contributed by atoms with E-state index >= 15 is 0 Å². The van der Waals surface area contributed by atoms with E-state index in [1.165, 1.54) is 12.1 Å². The smallest absolute Gasteiger partial charge is 0.282 e. The largest absolute Gasteiger partial charge is 0.490 e. The molecule has 4 rings (SSSR count). The Morgan fingerprint density at radius 3 is 2.61 bits per heavy atom. The number of hydrogen-bond acceptors (Lipinski definition) is 10. The lowest BCUT2D eigenvalue weighted by Gasteiger charge is -2.24. The monoisotopic (exact) mass is 492 g/mol. The van der Waals surface area contributed by atoms with Crippen LogP contribution in [-0.2, 0) is 6.61 Å².